The van der Waals surface area contributed by atoms with E-state index in [4.69, 9.17) is 0 Å². The van der Waals surface area contributed by atoms with Gasteiger partial charge in [-0.3, -0.25) is 4.79 Å². The quantitative estimate of drug-likeness (QED) is 0.712. The summed E-state index contributed by atoms with van der Waals surface area (Å²) in [5.74, 6) is -2.04. The molecule has 0 bridgehead atoms. The Morgan fingerprint density at radius 2 is 1.81 bits per heavy atom. The Bertz CT molecular complexity index is 391. The average Bonchev–Trinajstić information content (AvgIpc) is 2.17. The van der Waals surface area contributed by atoms with Crippen LogP contribution < -0.4 is 0 Å². The normalized spacial score (nSPS) is 11.6. The molecule has 16 heavy (non-hydrogen) atoms. The molecule has 0 aliphatic rings. The Balaban J connectivity index is 2.70. The van der Waals surface area contributed by atoms with Gasteiger partial charge in [0, 0.05) is 12.0 Å². The lowest BCUT2D eigenvalue weighted by molar-refractivity contribution is 0.0965. The highest BCUT2D eigenvalue weighted by molar-refractivity contribution is 5.96. The molecule has 0 spiro atoms. The first-order valence-corrected chi connectivity index (χ1v) is 5.28. The van der Waals surface area contributed by atoms with Gasteiger partial charge in [-0.25, -0.2) is 8.78 Å². The highest BCUT2D eigenvalue weighted by atomic mass is 19.2. The van der Waals surface area contributed by atoms with Crippen LogP contribution in [0.1, 0.15) is 44.0 Å². The van der Waals surface area contributed by atoms with Gasteiger partial charge in [-0.15, -0.1) is 0 Å². The number of hydrogen-bond donors (Lipinski definition) is 0. The molecule has 1 nitrogen and oxygen atoms in total. The zero-order chi connectivity index (χ0) is 12.3. The third-order valence-corrected chi connectivity index (χ3v) is 2.34. The van der Waals surface area contributed by atoms with Gasteiger partial charge in [-0.2, -0.15) is 0 Å². The maximum atomic E-state index is 12.9. The van der Waals surface area contributed by atoms with Crippen molar-refractivity contribution < 1.29 is 13.6 Å². The molecule has 0 radical (unpaired) electrons. The number of rotatable bonds is 3. The minimum atomic E-state index is -0.971. The number of carbonyl (C=O) groups excluding carboxylic acids is 1. The standard InChI is InChI=1S/C13H16F2O/c1-13(2,3)7-6-12(16)9-4-5-10(14)11(15)8-9/h4-5,8H,6-7H2,1-3H3. The number of carbonyl (C=O) groups is 1. The summed E-state index contributed by atoms with van der Waals surface area (Å²) in [7, 11) is 0. The van der Waals surface area contributed by atoms with E-state index in [0.29, 0.717) is 6.42 Å². The maximum absolute atomic E-state index is 12.9. The SMILES string of the molecule is CC(C)(C)CCC(=O)c1ccc(F)c(F)c1. The second kappa shape index (κ2) is 4.73. The third-order valence-electron chi connectivity index (χ3n) is 2.34. The number of hydrogen-bond acceptors (Lipinski definition) is 1. The maximum Gasteiger partial charge on any atom is 0.163 e. The fraction of sp³-hybridized carbons (Fsp3) is 0.462. The Hall–Kier alpha value is -1.25. The lowest BCUT2D eigenvalue weighted by Gasteiger charge is -2.16. The lowest BCUT2D eigenvalue weighted by Crippen LogP contribution is -2.09. The summed E-state index contributed by atoms with van der Waals surface area (Å²) in [6.07, 6.45) is 1.08. The van der Waals surface area contributed by atoms with Crippen molar-refractivity contribution in [3.63, 3.8) is 0 Å². The molecule has 0 aliphatic heterocycles. The molecule has 1 rings (SSSR count). The van der Waals surface area contributed by atoms with Gasteiger partial charge >= 0.3 is 0 Å². The zero-order valence-corrected chi connectivity index (χ0v) is 9.81. The molecule has 0 atom stereocenters. The van der Waals surface area contributed by atoms with Gasteiger partial charge in [0.15, 0.2) is 17.4 Å². The first kappa shape index (κ1) is 12.8. The predicted molar refractivity (Wildman–Crippen MR) is 59.4 cm³/mol. The van der Waals surface area contributed by atoms with Crippen LogP contribution in [0.4, 0.5) is 8.78 Å². The van der Waals surface area contributed by atoms with E-state index in [1.54, 1.807) is 0 Å². The van der Waals surface area contributed by atoms with Crippen LogP contribution in [0.15, 0.2) is 18.2 Å². The topological polar surface area (TPSA) is 17.1 Å². The summed E-state index contributed by atoms with van der Waals surface area (Å²) in [6, 6.07) is 3.27. The number of halogens is 2. The van der Waals surface area contributed by atoms with Crippen LogP contribution in [0, 0.1) is 17.0 Å². The molecular weight excluding hydrogens is 210 g/mol. The summed E-state index contributed by atoms with van der Waals surface area (Å²) in [5, 5.41) is 0. The molecular formula is C13H16F2O. The minimum absolute atomic E-state index is 0.0637. The van der Waals surface area contributed by atoms with Gasteiger partial charge in [0.25, 0.3) is 0 Å². The molecule has 0 unspecified atom stereocenters. The zero-order valence-electron chi connectivity index (χ0n) is 9.81. The van der Waals surface area contributed by atoms with Crippen LogP contribution in [0.5, 0.6) is 0 Å². The van der Waals surface area contributed by atoms with Crippen molar-refractivity contribution in [3.8, 4) is 0 Å². The van der Waals surface area contributed by atoms with E-state index in [9.17, 15) is 13.6 Å². The van der Waals surface area contributed by atoms with E-state index >= 15 is 0 Å². The van der Waals surface area contributed by atoms with Crippen LogP contribution in [-0.2, 0) is 0 Å². The van der Waals surface area contributed by atoms with Gasteiger partial charge in [0.05, 0.1) is 0 Å². The summed E-state index contributed by atoms with van der Waals surface area (Å²) in [5.41, 5.74) is 0.303. The molecule has 1 aromatic carbocycles. The molecule has 88 valence electrons. The van der Waals surface area contributed by atoms with Crippen molar-refractivity contribution in [2.45, 2.75) is 33.6 Å². The number of Topliss-reactive ketones (excluding diaryl/α,β-unsaturated/α-hetero) is 1. The summed E-state index contributed by atoms with van der Waals surface area (Å²) < 4.78 is 25.5. The van der Waals surface area contributed by atoms with Crippen molar-refractivity contribution >= 4 is 5.78 Å². The molecule has 0 saturated carbocycles. The van der Waals surface area contributed by atoms with E-state index < -0.39 is 11.6 Å². The fourth-order valence-corrected chi connectivity index (χ4v) is 1.30. The highest BCUT2D eigenvalue weighted by Gasteiger charge is 2.15. The Morgan fingerprint density at radius 1 is 1.19 bits per heavy atom. The van der Waals surface area contributed by atoms with Crippen LogP contribution in [0.25, 0.3) is 0 Å². The van der Waals surface area contributed by atoms with Crippen LogP contribution in [0.3, 0.4) is 0 Å². The van der Waals surface area contributed by atoms with E-state index in [2.05, 4.69) is 0 Å². The Labute approximate surface area is 94.5 Å². The number of benzene rings is 1. The molecule has 0 heterocycles. The molecule has 0 N–H and O–H groups in total. The van der Waals surface area contributed by atoms with Crippen LogP contribution in [-0.4, -0.2) is 5.78 Å². The van der Waals surface area contributed by atoms with Gasteiger partial charge in [-0.05, 0) is 30.0 Å². The Kier molecular flexibility index (Phi) is 3.79. The largest absolute Gasteiger partial charge is 0.294 e. The van der Waals surface area contributed by atoms with Gasteiger partial charge in [0.2, 0.25) is 0 Å². The molecule has 1 aromatic rings. The molecule has 3 heteroatoms. The van der Waals surface area contributed by atoms with E-state index in [0.717, 1.165) is 18.6 Å². The molecule has 0 aromatic heterocycles. The van der Waals surface area contributed by atoms with Crippen molar-refractivity contribution in [2.75, 3.05) is 0 Å². The van der Waals surface area contributed by atoms with Gasteiger partial charge < -0.3 is 0 Å². The van der Waals surface area contributed by atoms with E-state index in [1.165, 1.54) is 6.07 Å². The average molecular weight is 226 g/mol. The highest BCUT2D eigenvalue weighted by Crippen LogP contribution is 2.22. The predicted octanol–water partition coefficient (Wildman–Crippen LogP) is 3.97. The second-order valence-electron chi connectivity index (χ2n) is 5.11. The van der Waals surface area contributed by atoms with Crippen molar-refractivity contribution in [2.24, 2.45) is 5.41 Å². The van der Waals surface area contributed by atoms with Crippen LogP contribution in [0.2, 0.25) is 0 Å². The van der Waals surface area contributed by atoms with E-state index in [1.807, 2.05) is 20.8 Å². The smallest absolute Gasteiger partial charge is 0.163 e. The first-order valence-electron chi connectivity index (χ1n) is 5.28. The van der Waals surface area contributed by atoms with Crippen molar-refractivity contribution in [1.29, 1.82) is 0 Å². The molecule has 0 fully saturated rings. The van der Waals surface area contributed by atoms with Gasteiger partial charge in [0.1, 0.15) is 0 Å². The summed E-state index contributed by atoms with van der Waals surface area (Å²) in [6.45, 7) is 6.10. The Morgan fingerprint density at radius 3 is 2.31 bits per heavy atom. The summed E-state index contributed by atoms with van der Waals surface area (Å²) >= 11 is 0. The molecule has 0 aliphatic carbocycles. The lowest BCUT2D eigenvalue weighted by atomic mass is 9.88. The monoisotopic (exact) mass is 226 g/mol. The molecule has 0 amide bonds. The van der Waals surface area contributed by atoms with E-state index in [-0.39, 0.29) is 16.8 Å². The summed E-state index contributed by atoms with van der Waals surface area (Å²) in [4.78, 5) is 11.7. The third kappa shape index (κ3) is 3.72. The minimum Gasteiger partial charge on any atom is -0.294 e. The second-order valence-corrected chi connectivity index (χ2v) is 5.11. The van der Waals surface area contributed by atoms with Crippen molar-refractivity contribution in [3.05, 3.63) is 35.4 Å². The number of ketones is 1. The van der Waals surface area contributed by atoms with Crippen molar-refractivity contribution in [1.82, 2.24) is 0 Å². The molecule has 0 saturated heterocycles. The van der Waals surface area contributed by atoms with Gasteiger partial charge in [-0.1, -0.05) is 20.8 Å². The van der Waals surface area contributed by atoms with Crippen LogP contribution >= 0.6 is 0 Å². The fourth-order valence-electron chi connectivity index (χ4n) is 1.30. The first-order chi connectivity index (χ1) is 7.29.